The summed E-state index contributed by atoms with van der Waals surface area (Å²) in [6, 6.07) is 6.62. The average molecular weight is 290 g/mol. The number of rotatable bonds is 3. The predicted molar refractivity (Wildman–Crippen MR) is 70.7 cm³/mol. The third kappa shape index (κ3) is 2.68. The van der Waals surface area contributed by atoms with Gasteiger partial charge in [-0.1, -0.05) is 12.1 Å². The number of aromatic hydroxyl groups is 4. The number of phenols is 4. The van der Waals surface area contributed by atoms with Gasteiger partial charge < -0.3 is 25.5 Å². The molecule has 0 unspecified atom stereocenters. The van der Waals surface area contributed by atoms with E-state index in [2.05, 4.69) is 10.2 Å². The van der Waals surface area contributed by atoms with E-state index in [9.17, 15) is 25.2 Å². The molecule has 0 heterocycles. The zero-order chi connectivity index (χ0) is 15.6. The molecule has 0 saturated carbocycles. The van der Waals surface area contributed by atoms with E-state index in [1.54, 1.807) is 12.1 Å². The van der Waals surface area contributed by atoms with Crippen molar-refractivity contribution in [2.45, 2.75) is 0 Å². The molecule has 2 aromatic rings. The zero-order valence-corrected chi connectivity index (χ0v) is 10.4. The van der Waals surface area contributed by atoms with Gasteiger partial charge in [-0.2, -0.15) is 0 Å². The first-order chi connectivity index (χ1) is 9.91. The summed E-state index contributed by atoms with van der Waals surface area (Å²) in [6.45, 7) is 0. The fourth-order valence-corrected chi connectivity index (χ4v) is 1.55. The Balaban J connectivity index is 2.56. The molecule has 0 aromatic heterocycles. The highest BCUT2D eigenvalue weighted by Crippen LogP contribution is 2.45. The first-order valence-corrected chi connectivity index (χ1v) is 5.62. The highest BCUT2D eigenvalue weighted by molar-refractivity contribution is 5.96. The van der Waals surface area contributed by atoms with Gasteiger partial charge in [0, 0.05) is 6.07 Å². The van der Waals surface area contributed by atoms with Gasteiger partial charge >= 0.3 is 5.97 Å². The minimum Gasteiger partial charge on any atom is -0.506 e. The molecule has 0 aliphatic carbocycles. The fourth-order valence-electron chi connectivity index (χ4n) is 1.55. The van der Waals surface area contributed by atoms with Gasteiger partial charge in [-0.25, -0.2) is 4.79 Å². The Kier molecular flexibility index (Phi) is 3.61. The number of hydrogen-bond donors (Lipinski definition) is 5. The van der Waals surface area contributed by atoms with Crippen LogP contribution in [0.1, 0.15) is 10.4 Å². The van der Waals surface area contributed by atoms with Crippen LogP contribution in [0.4, 0.5) is 11.4 Å². The second-order valence-corrected chi connectivity index (χ2v) is 3.98. The summed E-state index contributed by atoms with van der Waals surface area (Å²) in [6.07, 6.45) is 0. The summed E-state index contributed by atoms with van der Waals surface area (Å²) in [4.78, 5) is 11.1. The van der Waals surface area contributed by atoms with E-state index in [0.717, 1.165) is 6.07 Å². The van der Waals surface area contributed by atoms with E-state index in [-0.39, 0.29) is 11.4 Å². The Bertz CT molecular complexity index is 742. The van der Waals surface area contributed by atoms with E-state index in [0.29, 0.717) is 0 Å². The molecule has 0 saturated heterocycles. The third-order valence-corrected chi connectivity index (χ3v) is 2.60. The maximum atomic E-state index is 11.1. The van der Waals surface area contributed by atoms with E-state index < -0.39 is 34.5 Å². The zero-order valence-electron chi connectivity index (χ0n) is 10.4. The van der Waals surface area contributed by atoms with E-state index in [1.165, 1.54) is 12.1 Å². The maximum absolute atomic E-state index is 11.1. The topological polar surface area (TPSA) is 143 Å². The molecule has 0 aliphatic heterocycles. The van der Waals surface area contributed by atoms with Crippen molar-refractivity contribution in [3.63, 3.8) is 0 Å². The monoisotopic (exact) mass is 290 g/mol. The summed E-state index contributed by atoms with van der Waals surface area (Å²) in [5.74, 6) is -4.31. The predicted octanol–water partition coefficient (Wildman–Crippen LogP) is 2.62. The third-order valence-electron chi connectivity index (χ3n) is 2.60. The summed E-state index contributed by atoms with van der Waals surface area (Å²) < 4.78 is 0. The minimum atomic E-state index is -1.48. The van der Waals surface area contributed by atoms with Crippen LogP contribution in [-0.4, -0.2) is 31.5 Å². The lowest BCUT2D eigenvalue weighted by Crippen LogP contribution is -1.96. The SMILES string of the molecule is O=C(O)c1cc(O)c(O)c(O)c1/N=N/c1ccccc1O. The lowest BCUT2D eigenvalue weighted by molar-refractivity contribution is 0.0697. The van der Waals surface area contributed by atoms with Crippen molar-refractivity contribution in [3.8, 4) is 23.0 Å². The second-order valence-electron chi connectivity index (χ2n) is 3.98. The molecule has 0 bridgehead atoms. The Morgan fingerprint density at radius 1 is 0.905 bits per heavy atom. The molecule has 2 aromatic carbocycles. The molecule has 0 aliphatic rings. The molecule has 0 atom stereocenters. The number of phenolic OH excluding ortho intramolecular Hbond substituents is 4. The Morgan fingerprint density at radius 3 is 2.19 bits per heavy atom. The standard InChI is InChI=1S/C13H10N2O6/c16-8-4-2-1-3-7(8)14-15-10-6(13(20)21)5-9(17)11(18)12(10)19/h1-5,16-19H,(H,20,21)/b15-14+. The van der Waals surface area contributed by atoms with Crippen molar-refractivity contribution in [2.24, 2.45) is 10.2 Å². The van der Waals surface area contributed by atoms with Gasteiger partial charge in [0.15, 0.2) is 11.5 Å². The lowest BCUT2D eigenvalue weighted by atomic mass is 10.1. The van der Waals surface area contributed by atoms with Crippen LogP contribution in [0.5, 0.6) is 23.0 Å². The van der Waals surface area contributed by atoms with Gasteiger partial charge in [0.1, 0.15) is 17.1 Å². The van der Waals surface area contributed by atoms with Gasteiger partial charge in [-0.15, -0.1) is 10.2 Å². The average Bonchev–Trinajstić information content (AvgIpc) is 2.45. The number of azo groups is 1. The molecule has 0 fully saturated rings. The van der Waals surface area contributed by atoms with Gasteiger partial charge in [-0.3, -0.25) is 0 Å². The number of carboxylic acid groups (broad SMARTS) is 1. The van der Waals surface area contributed by atoms with Crippen LogP contribution in [0.3, 0.4) is 0 Å². The van der Waals surface area contributed by atoms with Gasteiger partial charge in [0.2, 0.25) is 5.75 Å². The molecular formula is C13H10N2O6. The minimum absolute atomic E-state index is 0.0424. The quantitative estimate of drug-likeness (QED) is 0.434. The lowest BCUT2D eigenvalue weighted by Gasteiger charge is -2.06. The first-order valence-electron chi connectivity index (χ1n) is 5.62. The largest absolute Gasteiger partial charge is 0.506 e. The Hall–Kier alpha value is -3.29. The molecule has 8 heteroatoms. The smallest absolute Gasteiger partial charge is 0.338 e. The Morgan fingerprint density at radius 2 is 1.57 bits per heavy atom. The highest BCUT2D eigenvalue weighted by atomic mass is 16.4. The number of para-hydroxylation sites is 1. The normalized spacial score (nSPS) is 10.9. The van der Waals surface area contributed by atoms with Crippen LogP contribution in [0.25, 0.3) is 0 Å². The highest BCUT2D eigenvalue weighted by Gasteiger charge is 2.21. The summed E-state index contributed by atoms with van der Waals surface area (Å²) >= 11 is 0. The fraction of sp³-hybridized carbons (Fsp3) is 0. The number of benzene rings is 2. The molecule has 0 radical (unpaired) electrons. The van der Waals surface area contributed by atoms with Crippen LogP contribution in [0, 0.1) is 0 Å². The van der Waals surface area contributed by atoms with Crippen molar-refractivity contribution >= 4 is 17.3 Å². The molecule has 0 spiro atoms. The Labute approximate surface area is 117 Å². The van der Waals surface area contributed by atoms with Crippen molar-refractivity contribution in [1.29, 1.82) is 0 Å². The summed E-state index contributed by atoms with van der Waals surface area (Å²) in [5, 5.41) is 54.0. The van der Waals surface area contributed by atoms with Crippen LogP contribution in [0.2, 0.25) is 0 Å². The number of carbonyl (C=O) groups is 1. The number of nitrogens with zero attached hydrogens (tertiary/aromatic N) is 2. The summed E-state index contributed by atoms with van der Waals surface area (Å²) in [7, 11) is 0. The van der Waals surface area contributed by atoms with Crippen molar-refractivity contribution in [1.82, 2.24) is 0 Å². The van der Waals surface area contributed by atoms with Crippen LogP contribution in [0.15, 0.2) is 40.6 Å². The van der Waals surface area contributed by atoms with Gasteiger partial charge in [-0.05, 0) is 12.1 Å². The van der Waals surface area contributed by atoms with Crippen LogP contribution >= 0.6 is 0 Å². The molecule has 0 amide bonds. The number of hydrogen-bond acceptors (Lipinski definition) is 7. The molecule has 5 N–H and O–H groups in total. The van der Waals surface area contributed by atoms with Crippen molar-refractivity contribution in [3.05, 3.63) is 35.9 Å². The van der Waals surface area contributed by atoms with Crippen molar-refractivity contribution < 1.29 is 30.3 Å². The molecule has 2 rings (SSSR count). The van der Waals surface area contributed by atoms with Crippen LogP contribution in [-0.2, 0) is 0 Å². The second kappa shape index (κ2) is 5.37. The van der Waals surface area contributed by atoms with E-state index in [4.69, 9.17) is 5.11 Å². The van der Waals surface area contributed by atoms with Crippen LogP contribution < -0.4 is 0 Å². The molecule has 108 valence electrons. The van der Waals surface area contributed by atoms with Crippen molar-refractivity contribution in [2.75, 3.05) is 0 Å². The van der Waals surface area contributed by atoms with E-state index >= 15 is 0 Å². The van der Waals surface area contributed by atoms with E-state index in [1.807, 2.05) is 0 Å². The molecule has 21 heavy (non-hydrogen) atoms. The molecular weight excluding hydrogens is 280 g/mol. The number of aromatic carboxylic acids is 1. The maximum Gasteiger partial charge on any atom is 0.338 e. The van der Waals surface area contributed by atoms with Gasteiger partial charge in [0.25, 0.3) is 0 Å². The molecule has 8 nitrogen and oxygen atoms in total. The summed E-state index contributed by atoms with van der Waals surface area (Å²) in [5.41, 5.74) is -1.05. The number of carboxylic acids is 1. The van der Waals surface area contributed by atoms with Gasteiger partial charge in [0.05, 0.1) is 5.56 Å². The first kappa shape index (κ1) is 14.1.